The van der Waals surface area contributed by atoms with E-state index in [2.05, 4.69) is 15.4 Å². The molecule has 1 amide bonds. The standard InChI is InChI=1S/C22H26F3N7O4/c1-35-13-16(29-17-12-28-30-21(34)20(17)22(23,24)25)14-36-9-4-19(33)32-7-5-31(6-8-32)18-3-2-15(10-26)11-27-18/h2-3,11-12,16H,4-9,13-14H2,1H3,(H2,29,30,34)/t16-/m0/s1. The molecule has 1 fully saturated rings. The second-order valence-corrected chi connectivity index (χ2v) is 7.99. The Hall–Kier alpha value is -3.70. The minimum absolute atomic E-state index is 0.00336. The lowest BCUT2D eigenvalue weighted by Crippen LogP contribution is -2.49. The zero-order chi connectivity index (χ0) is 26.1. The highest BCUT2D eigenvalue weighted by atomic mass is 19.4. The fourth-order valence-electron chi connectivity index (χ4n) is 3.71. The zero-order valence-electron chi connectivity index (χ0n) is 19.5. The maximum atomic E-state index is 13.3. The summed E-state index contributed by atoms with van der Waals surface area (Å²) in [5.74, 6) is 0.641. The third-order valence-electron chi connectivity index (χ3n) is 5.48. The monoisotopic (exact) mass is 509 g/mol. The van der Waals surface area contributed by atoms with Crippen molar-refractivity contribution in [3.05, 3.63) is 46.0 Å². The molecule has 36 heavy (non-hydrogen) atoms. The Balaban J connectivity index is 1.45. The van der Waals surface area contributed by atoms with Crippen LogP contribution >= 0.6 is 0 Å². The maximum Gasteiger partial charge on any atom is 0.423 e. The van der Waals surface area contributed by atoms with Crippen LogP contribution in [0, 0.1) is 11.3 Å². The van der Waals surface area contributed by atoms with Gasteiger partial charge in [0.2, 0.25) is 5.91 Å². The van der Waals surface area contributed by atoms with E-state index in [-0.39, 0.29) is 32.1 Å². The van der Waals surface area contributed by atoms with Crippen molar-refractivity contribution in [1.29, 1.82) is 5.26 Å². The smallest absolute Gasteiger partial charge is 0.382 e. The first kappa shape index (κ1) is 26.9. The number of hydrogen-bond donors (Lipinski definition) is 2. The second kappa shape index (κ2) is 12.3. The molecule has 0 aromatic carbocycles. The molecular weight excluding hydrogens is 483 g/mol. The fourth-order valence-corrected chi connectivity index (χ4v) is 3.71. The highest BCUT2D eigenvalue weighted by molar-refractivity contribution is 5.76. The number of ether oxygens (including phenoxy) is 2. The summed E-state index contributed by atoms with van der Waals surface area (Å²) in [5.41, 5.74) is -2.75. The third kappa shape index (κ3) is 7.15. The minimum atomic E-state index is -4.87. The highest BCUT2D eigenvalue weighted by Gasteiger charge is 2.37. The number of nitriles is 1. The quantitative estimate of drug-likeness (QED) is 0.453. The van der Waals surface area contributed by atoms with Crippen LogP contribution < -0.4 is 15.8 Å². The van der Waals surface area contributed by atoms with E-state index in [1.54, 1.807) is 22.1 Å². The van der Waals surface area contributed by atoms with Crippen LogP contribution in [-0.4, -0.2) is 85.1 Å². The average Bonchev–Trinajstić information content (AvgIpc) is 2.86. The number of nitrogens with zero attached hydrogens (tertiary/aromatic N) is 5. The molecule has 3 heterocycles. The van der Waals surface area contributed by atoms with Gasteiger partial charge in [-0.1, -0.05) is 0 Å². The molecule has 1 atom stereocenters. The van der Waals surface area contributed by atoms with Gasteiger partial charge in [-0.3, -0.25) is 9.59 Å². The molecule has 3 rings (SSSR count). The number of aromatic nitrogens is 3. The number of alkyl halides is 3. The molecule has 11 nitrogen and oxygen atoms in total. The molecule has 0 radical (unpaired) electrons. The first-order valence-electron chi connectivity index (χ1n) is 11.1. The number of methoxy groups -OCH3 is 1. The van der Waals surface area contributed by atoms with Gasteiger partial charge < -0.3 is 24.6 Å². The number of H-pyrrole nitrogens is 1. The van der Waals surface area contributed by atoms with Gasteiger partial charge in [0, 0.05) is 39.5 Å². The molecule has 2 aromatic rings. The number of amides is 1. The summed E-state index contributed by atoms with van der Waals surface area (Å²) in [4.78, 5) is 32.2. The topological polar surface area (TPSA) is 136 Å². The van der Waals surface area contributed by atoms with Gasteiger partial charge in [0.05, 0.1) is 49.7 Å². The van der Waals surface area contributed by atoms with Crippen molar-refractivity contribution >= 4 is 17.4 Å². The molecule has 0 spiro atoms. The summed E-state index contributed by atoms with van der Waals surface area (Å²) >= 11 is 0. The molecule has 1 aliphatic rings. The van der Waals surface area contributed by atoms with E-state index in [1.807, 2.05) is 11.0 Å². The molecule has 2 aromatic heterocycles. The summed E-state index contributed by atoms with van der Waals surface area (Å²) in [6, 6.07) is 4.78. The Labute approximate surface area is 204 Å². The minimum Gasteiger partial charge on any atom is -0.382 e. The Morgan fingerprint density at radius 3 is 2.61 bits per heavy atom. The van der Waals surface area contributed by atoms with Crippen LogP contribution in [0.2, 0.25) is 0 Å². The maximum absolute atomic E-state index is 13.3. The number of carbonyl (C=O) groups is 1. The number of piperazine rings is 1. The van der Waals surface area contributed by atoms with E-state index in [9.17, 15) is 22.8 Å². The summed E-state index contributed by atoms with van der Waals surface area (Å²) < 4.78 is 50.3. The van der Waals surface area contributed by atoms with Gasteiger partial charge in [0.1, 0.15) is 17.5 Å². The van der Waals surface area contributed by atoms with Gasteiger partial charge in [0.15, 0.2) is 0 Å². The van der Waals surface area contributed by atoms with Crippen molar-refractivity contribution in [1.82, 2.24) is 20.1 Å². The van der Waals surface area contributed by atoms with Gasteiger partial charge in [-0.15, -0.1) is 0 Å². The fraction of sp³-hybridized carbons (Fsp3) is 0.500. The number of nitrogens with one attached hydrogen (secondary N) is 2. The zero-order valence-corrected chi connectivity index (χ0v) is 19.5. The van der Waals surface area contributed by atoms with Crippen molar-refractivity contribution in [3.63, 3.8) is 0 Å². The number of carbonyl (C=O) groups excluding carboxylic acids is 1. The number of halogens is 3. The SMILES string of the molecule is COC[C@@H](COCCC(=O)N1CCN(c2ccc(C#N)cn2)CC1)Nc1cn[nH]c(=O)c1C(F)(F)F. The Bertz CT molecular complexity index is 1110. The Kier molecular flexibility index (Phi) is 9.20. The van der Waals surface area contributed by atoms with Crippen molar-refractivity contribution in [2.75, 3.05) is 63.3 Å². The second-order valence-electron chi connectivity index (χ2n) is 7.99. The number of anilines is 2. The predicted octanol–water partition coefficient (Wildman–Crippen LogP) is 1.24. The van der Waals surface area contributed by atoms with Crippen molar-refractivity contribution in [2.45, 2.75) is 18.6 Å². The van der Waals surface area contributed by atoms with Crippen LogP contribution in [0.4, 0.5) is 24.7 Å². The first-order valence-corrected chi connectivity index (χ1v) is 11.1. The lowest BCUT2D eigenvalue weighted by molar-refractivity contribution is -0.138. The summed E-state index contributed by atoms with van der Waals surface area (Å²) in [7, 11) is 1.38. The molecule has 1 saturated heterocycles. The summed E-state index contributed by atoms with van der Waals surface area (Å²) in [6.45, 7) is 2.22. The third-order valence-corrected chi connectivity index (χ3v) is 5.48. The first-order chi connectivity index (χ1) is 17.2. The summed E-state index contributed by atoms with van der Waals surface area (Å²) in [5, 5.41) is 16.7. The molecule has 0 aliphatic carbocycles. The van der Waals surface area contributed by atoms with Crippen LogP contribution in [-0.2, 0) is 20.4 Å². The highest BCUT2D eigenvalue weighted by Crippen LogP contribution is 2.31. The van der Waals surface area contributed by atoms with Crippen LogP contribution in [0.1, 0.15) is 17.5 Å². The number of hydrogen-bond acceptors (Lipinski definition) is 9. The van der Waals surface area contributed by atoms with Crippen LogP contribution in [0.15, 0.2) is 29.3 Å². The van der Waals surface area contributed by atoms with Crippen LogP contribution in [0.3, 0.4) is 0 Å². The van der Waals surface area contributed by atoms with E-state index in [4.69, 9.17) is 14.7 Å². The van der Waals surface area contributed by atoms with Crippen molar-refractivity contribution in [3.8, 4) is 6.07 Å². The number of rotatable bonds is 10. The Morgan fingerprint density at radius 2 is 2.00 bits per heavy atom. The molecule has 0 unspecified atom stereocenters. The van der Waals surface area contributed by atoms with Gasteiger partial charge in [-0.25, -0.2) is 10.1 Å². The lowest BCUT2D eigenvalue weighted by atomic mass is 10.2. The van der Waals surface area contributed by atoms with Crippen LogP contribution in [0.25, 0.3) is 0 Å². The normalized spacial score (nSPS) is 14.9. The van der Waals surface area contributed by atoms with Crippen molar-refractivity contribution < 1.29 is 27.4 Å². The molecule has 1 aliphatic heterocycles. The molecule has 2 N–H and O–H groups in total. The average molecular weight is 509 g/mol. The van der Waals surface area contributed by atoms with Gasteiger partial charge >= 0.3 is 6.18 Å². The van der Waals surface area contributed by atoms with Crippen LogP contribution in [0.5, 0.6) is 0 Å². The molecule has 0 bridgehead atoms. The predicted molar refractivity (Wildman–Crippen MR) is 122 cm³/mol. The van der Waals surface area contributed by atoms with Gasteiger partial charge in [0.25, 0.3) is 5.56 Å². The number of aromatic amines is 1. The van der Waals surface area contributed by atoms with E-state index in [1.165, 1.54) is 13.3 Å². The molecule has 14 heteroatoms. The van der Waals surface area contributed by atoms with Crippen molar-refractivity contribution in [2.24, 2.45) is 0 Å². The largest absolute Gasteiger partial charge is 0.423 e. The van der Waals surface area contributed by atoms with E-state index in [0.29, 0.717) is 31.7 Å². The van der Waals surface area contributed by atoms with E-state index < -0.39 is 29.0 Å². The molecule has 194 valence electrons. The van der Waals surface area contributed by atoms with E-state index in [0.717, 1.165) is 12.0 Å². The summed E-state index contributed by atoms with van der Waals surface area (Å²) in [6.07, 6.45) is -2.38. The van der Waals surface area contributed by atoms with E-state index >= 15 is 0 Å². The van der Waals surface area contributed by atoms with Gasteiger partial charge in [-0.05, 0) is 12.1 Å². The Morgan fingerprint density at radius 1 is 1.25 bits per heavy atom. The van der Waals surface area contributed by atoms with Gasteiger partial charge in [-0.2, -0.15) is 23.5 Å². The lowest BCUT2D eigenvalue weighted by Gasteiger charge is -2.35. The number of pyridine rings is 1. The molecular formula is C22H26F3N7O4. The molecule has 0 saturated carbocycles.